The number of carbonyl (C=O) groups excluding carboxylic acids is 1. The van der Waals surface area contributed by atoms with Gasteiger partial charge in [-0.15, -0.1) is 11.3 Å². The van der Waals surface area contributed by atoms with Crippen molar-refractivity contribution in [3.63, 3.8) is 0 Å². The van der Waals surface area contributed by atoms with Gasteiger partial charge in [-0.2, -0.15) is 5.10 Å². The molecule has 1 amide bonds. The third-order valence-electron chi connectivity index (χ3n) is 4.04. The van der Waals surface area contributed by atoms with Gasteiger partial charge in [-0.1, -0.05) is 0 Å². The van der Waals surface area contributed by atoms with Gasteiger partial charge in [0.1, 0.15) is 5.01 Å². The fourth-order valence-corrected chi connectivity index (χ4v) is 3.39. The van der Waals surface area contributed by atoms with Crippen LogP contribution in [-0.4, -0.2) is 52.4 Å². The second-order valence-corrected chi connectivity index (χ2v) is 6.74. The molecule has 0 spiro atoms. The van der Waals surface area contributed by atoms with Crippen molar-refractivity contribution in [3.8, 4) is 0 Å². The van der Waals surface area contributed by atoms with E-state index in [0.717, 1.165) is 30.3 Å². The Morgan fingerprint density at radius 3 is 3.21 bits per heavy atom. The number of aromatic nitrogens is 3. The highest BCUT2D eigenvalue weighted by Gasteiger charge is 2.17. The van der Waals surface area contributed by atoms with Crippen molar-refractivity contribution in [1.82, 2.24) is 25.0 Å². The van der Waals surface area contributed by atoms with Gasteiger partial charge in [0.25, 0.3) is 0 Å². The molecule has 7 nitrogen and oxygen atoms in total. The lowest BCUT2D eigenvalue weighted by molar-refractivity contribution is -0.132. The molecule has 1 aliphatic heterocycles. The zero-order valence-electron chi connectivity index (χ0n) is 13.9. The minimum absolute atomic E-state index is 0.117. The molecular formula is C16H23N5O2S. The number of methoxy groups -OCH3 is 1. The summed E-state index contributed by atoms with van der Waals surface area (Å²) in [5.74, 6) is 0.117. The Bertz CT molecular complexity index is 632. The molecule has 8 heteroatoms. The van der Waals surface area contributed by atoms with Crippen LogP contribution >= 0.6 is 11.3 Å². The van der Waals surface area contributed by atoms with Crippen LogP contribution in [-0.2, 0) is 35.6 Å². The van der Waals surface area contributed by atoms with Gasteiger partial charge < -0.3 is 15.0 Å². The van der Waals surface area contributed by atoms with Gasteiger partial charge in [-0.25, -0.2) is 4.98 Å². The molecule has 3 heterocycles. The third-order valence-corrected chi connectivity index (χ3v) is 4.81. The van der Waals surface area contributed by atoms with Crippen molar-refractivity contribution in [3.05, 3.63) is 34.0 Å². The molecule has 0 radical (unpaired) electrons. The average Bonchev–Trinajstić information content (AvgIpc) is 3.25. The highest BCUT2D eigenvalue weighted by atomic mass is 32.1. The fourth-order valence-electron chi connectivity index (χ4n) is 2.76. The number of fused-ring (bicyclic) bond motifs is 1. The van der Waals surface area contributed by atoms with Gasteiger partial charge in [0.05, 0.1) is 31.1 Å². The molecule has 0 aromatic carbocycles. The summed E-state index contributed by atoms with van der Waals surface area (Å²) in [4.78, 5) is 18.7. The molecule has 0 bridgehead atoms. The number of nitrogens with zero attached hydrogens (tertiary/aromatic N) is 4. The summed E-state index contributed by atoms with van der Waals surface area (Å²) in [7, 11) is 1.65. The summed E-state index contributed by atoms with van der Waals surface area (Å²) >= 11 is 1.57. The predicted molar refractivity (Wildman–Crippen MR) is 91.7 cm³/mol. The van der Waals surface area contributed by atoms with Crippen LogP contribution in [0.3, 0.4) is 0 Å². The maximum absolute atomic E-state index is 12.6. The Morgan fingerprint density at radius 1 is 1.54 bits per heavy atom. The molecule has 1 aliphatic rings. The lowest BCUT2D eigenvalue weighted by Crippen LogP contribution is -2.33. The molecular weight excluding hydrogens is 326 g/mol. The molecule has 2 aromatic heterocycles. The maximum atomic E-state index is 12.6. The van der Waals surface area contributed by atoms with E-state index in [0.29, 0.717) is 32.5 Å². The Hall–Kier alpha value is -1.77. The van der Waals surface area contributed by atoms with E-state index in [1.807, 2.05) is 15.0 Å². The first kappa shape index (κ1) is 17.1. The SMILES string of the molecule is COCCN(Cc1nccs1)C(=O)CCc1cc2n(n1)CCNC2. The van der Waals surface area contributed by atoms with Crippen LogP contribution in [0.4, 0.5) is 0 Å². The van der Waals surface area contributed by atoms with Gasteiger partial charge >= 0.3 is 0 Å². The first-order valence-electron chi connectivity index (χ1n) is 8.17. The summed E-state index contributed by atoms with van der Waals surface area (Å²) in [5, 5.41) is 10.8. The first-order chi connectivity index (χ1) is 11.8. The number of ether oxygens (including phenoxy) is 1. The van der Waals surface area contributed by atoms with Gasteiger partial charge in [-0.3, -0.25) is 9.48 Å². The molecule has 0 atom stereocenters. The van der Waals surface area contributed by atoms with Crippen molar-refractivity contribution in [2.45, 2.75) is 32.5 Å². The number of amides is 1. The van der Waals surface area contributed by atoms with Gasteiger partial charge in [0.2, 0.25) is 5.91 Å². The molecule has 0 saturated carbocycles. The standard InChI is InChI=1S/C16H23N5O2S/c1-23-8-7-20(12-15-18-5-9-24-15)16(22)3-2-13-10-14-11-17-4-6-21(14)19-13/h5,9-10,17H,2-4,6-8,11-12H2,1H3. The maximum Gasteiger partial charge on any atom is 0.223 e. The van der Waals surface area contributed by atoms with Crippen molar-refractivity contribution in [2.75, 3.05) is 26.8 Å². The van der Waals surface area contributed by atoms with Crippen LogP contribution in [0.5, 0.6) is 0 Å². The van der Waals surface area contributed by atoms with Crippen LogP contribution in [0.15, 0.2) is 17.6 Å². The van der Waals surface area contributed by atoms with E-state index in [4.69, 9.17) is 4.74 Å². The number of rotatable bonds is 8. The Balaban J connectivity index is 1.56. The van der Waals surface area contributed by atoms with Crippen LogP contribution in [0.1, 0.15) is 22.8 Å². The summed E-state index contributed by atoms with van der Waals surface area (Å²) in [6.45, 7) is 4.35. The van der Waals surface area contributed by atoms with Crippen molar-refractivity contribution < 1.29 is 9.53 Å². The van der Waals surface area contributed by atoms with Crippen molar-refractivity contribution >= 4 is 17.2 Å². The van der Waals surface area contributed by atoms with Crippen molar-refractivity contribution in [1.29, 1.82) is 0 Å². The van der Waals surface area contributed by atoms with E-state index >= 15 is 0 Å². The summed E-state index contributed by atoms with van der Waals surface area (Å²) < 4.78 is 7.16. The molecule has 0 unspecified atom stereocenters. The largest absolute Gasteiger partial charge is 0.383 e. The molecule has 1 N–H and O–H groups in total. The molecule has 3 rings (SSSR count). The Kier molecular flexibility index (Phi) is 5.95. The number of nitrogens with one attached hydrogen (secondary N) is 1. The molecule has 0 saturated heterocycles. The topological polar surface area (TPSA) is 72.3 Å². The molecule has 0 fully saturated rings. The zero-order chi connectivity index (χ0) is 16.8. The Morgan fingerprint density at radius 2 is 2.46 bits per heavy atom. The number of hydrogen-bond acceptors (Lipinski definition) is 6. The number of carbonyl (C=O) groups is 1. The number of thiazole rings is 1. The summed E-state index contributed by atoms with van der Waals surface area (Å²) in [5.41, 5.74) is 2.19. The highest BCUT2D eigenvalue weighted by Crippen LogP contribution is 2.13. The molecule has 130 valence electrons. The van der Waals surface area contributed by atoms with Crippen LogP contribution < -0.4 is 5.32 Å². The highest BCUT2D eigenvalue weighted by molar-refractivity contribution is 7.09. The van der Waals surface area contributed by atoms with Gasteiger partial charge in [0, 0.05) is 51.2 Å². The Labute approximate surface area is 145 Å². The summed E-state index contributed by atoms with van der Waals surface area (Å²) in [6, 6.07) is 2.10. The lowest BCUT2D eigenvalue weighted by Gasteiger charge is -2.21. The second kappa shape index (κ2) is 8.36. The number of aryl methyl sites for hydroxylation is 1. The molecule has 0 aliphatic carbocycles. The van der Waals surface area contributed by atoms with Crippen LogP contribution in [0, 0.1) is 0 Å². The van der Waals surface area contributed by atoms with E-state index in [9.17, 15) is 4.79 Å². The van der Waals surface area contributed by atoms with Gasteiger partial charge in [-0.05, 0) is 6.07 Å². The number of hydrogen-bond donors (Lipinski definition) is 1. The monoisotopic (exact) mass is 349 g/mol. The van der Waals surface area contributed by atoms with E-state index in [1.54, 1.807) is 24.6 Å². The quantitative estimate of drug-likeness (QED) is 0.771. The third kappa shape index (κ3) is 4.40. The van der Waals surface area contributed by atoms with E-state index < -0.39 is 0 Å². The predicted octanol–water partition coefficient (Wildman–Crippen LogP) is 1.05. The molecule has 24 heavy (non-hydrogen) atoms. The van der Waals surface area contributed by atoms with Gasteiger partial charge in [0.15, 0.2) is 0 Å². The lowest BCUT2D eigenvalue weighted by atomic mass is 10.2. The van der Waals surface area contributed by atoms with Crippen LogP contribution in [0.25, 0.3) is 0 Å². The summed E-state index contributed by atoms with van der Waals surface area (Å²) in [6.07, 6.45) is 2.89. The first-order valence-corrected chi connectivity index (χ1v) is 9.05. The average molecular weight is 349 g/mol. The fraction of sp³-hybridized carbons (Fsp3) is 0.562. The van der Waals surface area contributed by atoms with E-state index in [2.05, 4.69) is 21.5 Å². The van der Waals surface area contributed by atoms with Crippen molar-refractivity contribution in [2.24, 2.45) is 0 Å². The normalized spacial score (nSPS) is 13.7. The minimum atomic E-state index is 0.117. The van der Waals surface area contributed by atoms with E-state index in [-0.39, 0.29) is 5.91 Å². The van der Waals surface area contributed by atoms with E-state index in [1.165, 1.54) is 5.69 Å². The molecule has 2 aromatic rings. The zero-order valence-corrected chi connectivity index (χ0v) is 14.7. The smallest absolute Gasteiger partial charge is 0.223 e. The second-order valence-electron chi connectivity index (χ2n) is 5.76. The van der Waals surface area contributed by atoms with Crippen LogP contribution in [0.2, 0.25) is 0 Å². The minimum Gasteiger partial charge on any atom is -0.383 e.